The summed E-state index contributed by atoms with van der Waals surface area (Å²) in [5.41, 5.74) is 0. The normalized spacial score (nSPS) is 11.0. The Labute approximate surface area is 138 Å². The largest absolute Gasteiger partial charge is 0.456 e. The molecule has 0 fully saturated rings. The molecule has 122 valence electrons. The molecule has 1 N–H and O–H groups in total. The number of nitrogens with one attached hydrogen (secondary N) is 1. The Morgan fingerprint density at radius 2 is 1.58 bits per heavy atom. The zero-order valence-corrected chi connectivity index (χ0v) is 13.2. The van der Waals surface area contributed by atoms with E-state index in [1.54, 1.807) is 18.2 Å². The van der Waals surface area contributed by atoms with E-state index in [0.29, 0.717) is 11.5 Å². The molecular weight excluding hydrogens is 331 g/mol. The standard InChI is InChI=1S/C17H13FN2O3S/c18-13-6-9-16(10-7-13)24(21,22)20-17-11-8-15(12-19-17)23-14-4-2-1-3-5-14/h1-12H,(H,19,20). The van der Waals surface area contributed by atoms with E-state index in [1.807, 2.05) is 18.2 Å². The first-order chi connectivity index (χ1) is 11.5. The Kier molecular flexibility index (Phi) is 4.43. The second-order valence-electron chi connectivity index (χ2n) is 4.85. The van der Waals surface area contributed by atoms with Gasteiger partial charge in [-0.15, -0.1) is 0 Å². The van der Waals surface area contributed by atoms with Crippen molar-refractivity contribution in [1.82, 2.24) is 4.98 Å². The van der Waals surface area contributed by atoms with Gasteiger partial charge in [-0.25, -0.2) is 17.8 Å². The van der Waals surface area contributed by atoms with Crippen LogP contribution in [0.15, 0.2) is 77.8 Å². The molecule has 0 spiro atoms. The minimum absolute atomic E-state index is 0.0460. The predicted octanol–water partition coefficient (Wildman–Crippen LogP) is 3.81. The summed E-state index contributed by atoms with van der Waals surface area (Å²) in [7, 11) is -3.82. The van der Waals surface area contributed by atoms with Crippen LogP contribution in [0.3, 0.4) is 0 Å². The summed E-state index contributed by atoms with van der Waals surface area (Å²) in [6.07, 6.45) is 1.41. The summed E-state index contributed by atoms with van der Waals surface area (Å²) in [5, 5.41) is 0. The average molecular weight is 344 g/mol. The Bertz CT molecular complexity index is 912. The summed E-state index contributed by atoms with van der Waals surface area (Å²) in [4.78, 5) is 3.97. The Balaban J connectivity index is 1.73. The molecule has 7 heteroatoms. The summed E-state index contributed by atoms with van der Waals surface area (Å²) in [6, 6.07) is 16.8. The van der Waals surface area contributed by atoms with E-state index in [-0.39, 0.29) is 10.7 Å². The van der Waals surface area contributed by atoms with Crippen LogP contribution in [0.2, 0.25) is 0 Å². The van der Waals surface area contributed by atoms with Crippen LogP contribution >= 0.6 is 0 Å². The maximum atomic E-state index is 12.9. The lowest BCUT2D eigenvalue weighted by atomic mass is 10.3. The molecule has 0 aliphatic carbocycles. The van der Waals surface area contributed by atoms with Crippen molar-refractivity contribution in [3.8, 4) is 11.5 Å². The van der Waals surface area contributed by atoms with Crippen LogP contribution in [0.5, 0.6) is 11.5 Å². The van der Waals surface area contributed by atoms with Crippen LogP contribution in [0.25, 0.3) is 0 Å². The van der Waals surface area contributed by atoms with Gasteiger partial charge in [0, 0.05) is 0 Å². The number of anilines is 1. The molecule has 24 heavy (non-hydrogen) atoms. The van der Waals surface area contributed by atoms with Gasteiger partial charge in [0.05, 0.1) is 11.1 Å². The monoisotopic (exact) mass is 344 g/mol. The van der Waals surface area contributed by atoms with Gasteiger partial charge in [0.2, 0.25) is 0 Å². The first kappa shape index (κ1) is 15.9. The molecule has 3 aromatic rings. The highest BCUT2D eigenvalue weighted by Crippen LogP contribution is 2.22. The average Bonchev–Trinajstić information content (AvgIpc) is 2.58. The van der Waals surface area contributed by atoms with E-state index in [2.05, 4.69) is 9.71 Å². The molecule has 3 rings (SSSR count). The van der Waals surface area contributed by atoms with Crippen molar-refractivity contribution in [2.24, 2.45) is 0 Å². The fraction of sp³-hybridized carbons (Fsp3) is 0. The number of aromatic nitrogens is 1. The van der Waals surface area contributed by atoms with Gasteiger partial charge in [-0.2, -0.15) is 0 Å². The fourth-order valence-corrected chi connectivity index (χ4v) is 2.94. The van der Waals surface area contributed by atoms with Gasteiger partial charge in [-0.3, -0.25) is 4.72 Å². The summed E-state index contributed by atoms with van der Waals surface area (Å²) >= 11 is 0. The van der Waals surface area contributed by atoms with E-state index in [1.165, 1.54) is 24.4 Å². The molecule has 0 saturated carbocycles. The lowest BCUT2D eigenvalue weighted by Gasteiger charge is -2.09. The minimum Gasteiger partial charge on any atom is -0.456 e. The molecule has 0 aliphatic rings. The molecule has 0 unspecified atom stereocenters. The third-order valence-corrected chi connectivity index (χ3v) is 4.45. The molecule has 0 radical (unpaired) electrons. The van der Waals surface area contributed by atoms with Crippen LogP contribution in [0.1, 0.15) is 0 Å². The first-order valence-electron chi connectivity index (χ1n) is 7.00. The van der Waals surface area contributed by atoms with Gasteiger partial charge in [0.25, 0.3) is 10.0 Å². The summed E-state index contributed by atoms with van der Waals surface area (Å²) < 4.78 is 45.2. The van der Waals surface area contributed by atoms with Gasteiger partial charge in [0.15, 0.2) is 0 Å². The van der Waals surface area contributed by atoms with E-state index in [4.69, 9.17) is 4.74 Å². The molecule has 2 aromatic carbocycles. The van der Waals surface area contributed by atoms with Crippen molar-refractivity contribution >= 4 is 15.8 Å². The number of hydrogen-bond donors (Lipinski definition) is 1. The van der Waals surface area contributed by atoms with Crippen LogP contribution < -0.4 is 9.46 Å². The van der Waals surface area contributed by atoms with Crippen molar-refractivity contribution < 1.29 is 17.5 Å². The number of halogens is 1. The highest BCUT2D eigenvalue weighted by Gasteiger charge is 2.14. The molecule has 0 aliphatic heterocycles. The van der Waals surface area contributed by atoms with Crippen LogP contribution in [0.4, 0.5) is 10.2 Å². The highest BCUT2D eigenvalue weighted by atomic mass is 32.2. The number of hydrogen-bond acceptors (Lipinski definition) is 4. The zero-order valence-electron chi connectivity index (χ0n) is 12.4. The smallest absolute Gasteiger partial charge is 0.263 e. The SMILES string of the molecule is O=S(=O)(Nc1ccc(Oc2ccccc2)cn1)c1ccc(F)cc1. The zero-order chi connectivity index (χ0) is 17.0. The molecule has 0 atom stereocenters. The number of benzene rings is 2. The maximum Gasteiger partial charge on any atom is 0.263 e. The van der Waals surface area contributed by atoms with E-state index in [0.717, 1.165) is 12.1 Å². The predicted molar refractivity (Wildman–Crippen MR) is 88.0 cm³/mol. The van der Waals surface area contributed by atoms with E-state index < -0.39 is 15.8 Å². The Hall–Kier alpha value is -2.93. The maximum absolute atomic E-state index is 12.9. The quantitative estimate of drug-likeness (QED) is 0.764. The fourth-order valence-electron chi connectivity index (χ4n) is 1.94. The van der Waals surface area contributed by atoms with Gasteiger partial charge in [-0.1, -0.05) is 18.2 Å². The third kappa shape index (κ3) is 3.88. The van der Waals surface area contributed by atoms with Crippen molar-refractivity contribution in [2.75, 3.05) is 4.72 Å². The van der Waals surface area contributed by atoms with Crippen LogP contribution in [-0.2, 0) is 10.0 Å². The first-order valence-corrected chi connectivity index (χ1v) is 8.49. The van der Waals surface area contributed by atoms with E-state index in [9.17, 15) is 12.8 Å². The summed E-state index contributed by atoms with van der Waals surface area (Å²) in [6.45, 7) is 0. The topological polar surface area (TPSA) is 68.3 Å². The third-order valence-electron chi connectivity index (χ3n) is 3.08. The molecule has 5 nitrogen and oxygen atoms in total. The molecular formula is C17H13FN2O3S. The van der Waals surface area contributed by atoms with Crippen LogP contribution in [0, 0.1) is 5.82 Å². The van der Waals surface area contributed by atoms with Crippen molar-refractivity contribution in [1.29, 1.82) is 0 Å². The molecule has 0 saturated heterocycles. The molecule has 0 bridgehead atoms. The van der Waals surface area contributed by atoms with Crippen molar-refractivity contribution in [3.63, 3.8) is 0 Å². The number of nitrogens with zero attached hydrogens (tertiary/aromatic N) is 1. The minimum atomic E-state index is -3.82. The van der Waals surface area contributed by atoms with Crippen LogP contribution in [-0.4, -0.2) is 13.4 Å². The van der Waals surface area contributed by atoms with Gasteiger partial charge >= 0.3 is 0 Å². The summed E-state index contributed by atoms with van der Waals surface area (Å²) in [5.74, 6) is 0.763. The second kappa shape index (κ2) is 6.67. The molecule has 1 aromatic heterocycles. The number of para-hydroxylation sites is 1. The number of pyridine rings is 1. The number of rotatable bonds is 5. The Morgan fingerprint density at radius 1 is 0.875 bits per heavy atom. The Morgan fingerprint density at radius 3 is 2.21 bits per heavy atom. The number of sulfonamides is 1. The van der Waals surface area contributed by atoms with Gasteiger partial charge in [0.1, 0.15) is 23.1 Å². The van der Waals surface area contributed by atoms with E-state index >= 15 is 0 Å². The number of ether oxygens (including phenoxy) is 1. The lowest BCUT2D eigenvalue weighted by molar-refractivity contribution is 0.480. The second-order valence-corrected chi connectivity index (χ2v) is 6.54. The highest BCUT2D eigenvalue weighted by molar-refractivity contribution is 7.92. The van der Waals surface area contributed by atoms with Crippen molar-refractivity contribution in [3.05, 3.63) is 78.7 Å². The van der Waals surface area contributed by atoms with Gasteiger partial charge < -0.3 is 4.74 Å². The molecule has 1 heterocycles. The molecule has 0 amide bonds. The van der Waals surface area contributed by atoms with Gasteiger partial charge in [-0.05, 0) is 48.5 Å². The van der Waals surface area contributed by atoms with Crippen molar-refractivity contribution in [2.45, 2.75) is 4.90 Å². The lowest BCUT2D eigenvalue weighted by Crippen LogP contribution is -2.13.